The maximum atomic E-state index is 12.3. The number of aromatic carboxylic acids is 1. The Hall–Kier alpha value is -2.78. The van der Waals surface area contributed by atoms with Crippen LogP contribution in [0.15, 0.2) is 30.5 Å². The van der Waals surface area contributed by atoms with Crippen LogP contribution in [-0.4, -0.2) is 57.4 Å². The summed E-state index contributed by atoms with van der Waals surface area (Å²) in [7, 11) is 0. The van der Waals surface area contributed by atoms with Crippen molar-refractivity contribution in [2.45, 2.75) is 32.0 Å². The Labute approximate surface area is 149 Å². The molecule has 0 spiro atoms. The highest BCUT2D eigenvalue weighted by molar-refractivity contribution is 5.94. The number of hydrogen-bond donors (Lipinski definition) is 2. The number of anilines is 1. The lowest BCUT2D eigenvalue weighted by Gasteiger charge is -2.16. The minimum absolute atomic E-state index is 0.0596. The van der Waals surface area contributed by atoms with E-state index in [0.29, 0.717) is 18.0 Å². The average Bonchev–Trinajstić information content (AvgIpc) is 3.31. The number of nitrogens with zero attached hydrogens (tertiary/aromatic N) is 3. The summed E-state index contributed by atoms with van der Waals surface area (Å²) < 4.78 is 12.4. The summed E-state index contributed by atoms with van der Waals surface area (Å²) >= 11 is 0. The Morgan fingerprint density at radius 2 is 2.35 bits per heavy atom. The number of hydrogen-bond acceptors (Lipinski definition) is 6. The van der Waals surface area contributed by atoms with Gasteiger partial charge in [-0.05, 0) is 38.0 Å². The van der Waals surface area contributed by atoms with Crippen molar-refractivity contribution in [1.29, 1.82) is 0 Å². The van der Waals surface area contributed by atoms with Crippen LogP contribution < -0.4 is 5.32 Å². The van der Waals surface area contributed by atoms with Gasteiger partial charge in [-0.3, -0.25) is 4.79 Å². The fraction of sp³-hybridized carbons (Fsp3) is 0.412. The number of rotatable bonds is 7. The van der Waals surface area contributed by atoms with Crippen LogP contribution in [0.3, 0.4) is 0 Å². The minimum atomic E-state index is -1.15. The van der Waals surface area contributed by atoms with Gasteiger partial charge in [-0.25, -0.2) is 9.48 Å². The summed E-state index contributed by atoms with van der Waals surface area (Å²) in [4.78, 5) is 23.2. The van der Waals surface area contributed by atoms with E-state index in [-0.39, 0.29) is 17.7 Å². The second-order valence-corrected chi connectivity index (χ2v) is 6.00. The smallest absolute Gasteiger partial charge is 0.358 e. The molecule has 1 aliphatic rings. The quantitative estimate of drug-likeness (QED) is 0.768. The van der Waals surface area contributed by atoms with E-state index in [1.54, 1.807) is 31.2 Å². The summed E-state index contributed by atoms with van der Waals surface area (Å²) in [5, 5.41) is 19.0. The maximum absolute atomic E-state index is 12.3. The van der Waals surface area contributed by atoms with Crippen molar-refractivity contribution in [2.24, 2.45) is 0 Å². The molecule has 2 atom stereocenters. The van der Waals surface area contributed by atoms with Gasteiger partial charge < -0.3 is 19.9 Å². The lowest BCUT2D eigenvalue weighted by atomic mass is 10.2. The molecule has 0 aliphatic carbocycles. The standard InChI is InChI=1S/C17H20N4O5/c1-11(26-10-14-6-3-7-25-14)16(22)18-12-4-2-5-13(8-12)21-9-15(17(23)24)19-20-21/h2,4-5,8-9,11,14H,3,6-7,10H2,1H3,(H,18,22)(H,23,24). The van der Waals surface area contributed by atoms with Gasteiger partial charge >= 0.3 is 5.97 Å². The monoisotopic (exact) mass is 360 g/mol. The SMILES string of the molecule is CC(OCC1CCCO1)C(=O)Nc1cccc(-n2cc(C(=O)O)nn2)c1. The van der Waals surface area contributed by atoms with Gasteiger partial charge in [-0.15, -0.1) is 5.10 Å². The van der Waals surface area contributed by atoms with Crippen LogP contribution in [0.1, 0.15) is 30.3 Å². The van der Waals surface area contributed by atoms with Gasteiger partial charge in [-0.1, -0.05) is 11.3 Å². The van der Waals surface area contributed by atoms with Gasteiger partial charge in [0, 0.05) is 12.3 Å². The zero-order chi connectivity index (χ0) is 18.5. The lowest BCUT2D eigenvalue weighted by Crippen LogP contribution is -2.30. The van der Waals surface area contributed by atoms with E-state index in [9.17, 15) is 9.59 Å². The molecule has 3 rings (SSSR count). The van der Waals surface area contributed by atoms with Crippen LogP contribution >= 0.6 is 0 Å². The van der Waals surface area contributed by atoms with E-state index in [0.717, 1.165) is 19.4 Å². The topological polar surface area (TPSA) is 116 Å². The third-order valence-electron chi connectivity index (χ3n) is 4.02. The van der Waals surface area contributed by atoms with Crippen LogP contribution in [0.25, 0.3) is 5.69 Å². The van der Waals surface area contributed by atoms with E-state index in [1.807, 2.05) is 0 Å². The number of carboxylic acids is 1. The van der Waals surface area contributed by atoms with Gasteiger partial charge in [0.05, 0.1) is 24.6 Å². The van der Waals surface area contributed by atoms with Crippen LogP contribution in [-0.2, 0) is 14.3 Å². The first-order chi connectivity index (χ1) is 12.5. The number of ether oxygens (including phenoxy) is 2. The Morgan fingerprint density at radius 1 is 1.50 bits per heavy atom. The molecule has 2 aromatic rings. The number of carboxylic acid groups (broad SMARTS) is 1. The van der Waals surface area contributed by atoms with E-state index in [2.05, 4.69) is 15.6 Å². The molecule has 0 radical (unpaired) electrons. The Balaban J connectivity index is 1.60. The molecule has 0 saturated carbocycles. The van der Waals surface area contributed by atoms with E-state index in [1.165, 1.54) is 10.9 Å². The van der Waals surface area contributed by atoms with Gasteiger partial charge in [0.25, 0.3) is 5.91 Å². The Morgan fingerprint density at radius 3 is 3.04 bits per heavy atom. The average molecular weight is 360 g/mol. The fourth-order valence-corrected chi connectivity index (χ4v) is 2.56. The minimum Gasteiger partial charge on any atom is -0.476 e. The van der Waals surface area contributed by atoms with Gasteiger partial charge in [0.2, 0.25) is 0 Å². The molecule has 0 bridgehead atoms. The summed E-state index contributed by atoms with van der Waals surface area (Å²) in [5.74, 6) is -1.43. The van der Waals surface area contributed by atoms with Crippen molar-refractivity contribution >= 4 is 17.6 Å². The maximum Gasteiger partial charge on any atom is 0.358 e. The highest BCUT2D eigenvalue weighted by Crippen LogP contribution is 2.16. The summed E-state index contributed by atoms with van der Waals surface area (Å²) in [6.45, 7) is 2.82. The zero-order valence-electron chi connectivity index (χ0n) is 14.3. The van der Waals surface area contributed by atoms with E-state index >= 15 is 0 Å². The number of carbonyl (C=O) groups excluding carboxylic acids is 1. The first-order valence-corrected chi connectivity index (χ1v) is 8.33. The van der Waals surface area contributed by atoms with Gasteiger partial charge in [0.15, 0.2) is 5.69 Å². The predicted octanol–water partition coefficient (Wildman–Crippen LogP) is 1.49. The van der Waals surface area contributed by atoms with Gasteiger partial charge in [0.1, 0.15) is 6.10 Å². The number of benzene rings is 1. The number of aromatic nitrogens is 3. The Bertz CT molecular complexity index is 785. The van der Waals surface area contributed by atoms with Crippen molar-refractivity contribution in [3.8, 4) is 5.69 Å². The largest absolute Gasteiger partial charge is 0.476 e. The normalized spacial score (nSPS) is 17.8. The molecule has 9 nitrogen and oxygen atoms in total. The molecule has 1 aromatic heterocycles. The molecule has 2 heterocycles. The van der Waals surface area contributed by atoms with Crippen molar-refractivity contribution in [3.05, 3.63) is 36.2 Å². The molecule has 138 valence electrons. The van der Waals surface area contributed by atoms with E-state index < -0.39 is 12.1 Å². The molecule has 1 aromatic carbocycles. The second kappa shape index (κ2) is 8.07. The third kappa shape index (κ3) is 4.44. The lowest BCUT2D eigenvalue weighted by molar-refractivity contribution is -0.128. The van der Waals surface area contributed by atoms with Crippen LogP contribution in [0.2, 0.25) is 0 Å². The van der Waals surface area contributed by atoms with Crippen LogP contribution in [0.4, 0.5) is 5.69 Å². The number of carbonyl (C=O) groups is 2. The zero-order valence-corrected chi connectivity index (χ0v) is 14.3. The first-order valence-electron chi connectivity index (χ1n) is 8.33. The molecule has 1 aliphatic heterocycles. The molecule has 1 saturated heterocycles. The fourth-order valence-electron chi connectivity index (χ4n) is 2.56. The summed E-state index contributed by atoms with van der Waals surface area (Å²) in [5.41, 5.74) is 0.971. The molecule has 1 fully saturated rings. The first kappa shape index (κ1) is 18.0. The number of nitrogens with one attached hydrogen (secondary N) is 1. The number of amides is 1. The second-order valence-electron chi connectivity index (χ2n) is 6.00. The highest BCUT2D eigenvalue weighted by atomic mass is 16.5. The summed E-state index contributed by atoms with van der Waals surface area (Å²) in [6, 6.07) is 6.85. The van der Waals surface area contributed by atoms with Crippen LogP contribution in [0, 0.1) is 0 Å². The molecule has 1 amide bonds. The summed E-state index contributed by atoms with van der Waals surface area (Å²) in [6.07, 6.45) is 2.72. The van der Waals surface area contributed by atoms with Crippen molar-refractivity contribution in [3.63, 3.8) is 0 Å². The van der Waals surface area contributed by atoms with Crippen molar-refractivity contribution in [2.75, 3.05) is 18.5 Å². The highest BCUT2D eigenvalue weighted by Gasteiger charge is 2.20. The van der Waals surface area contributed by atoms with Crippen molar-refractivity contribution in [1.82, 2.24) is 15.0 Å². The molecule has 9 heteroatoms. The van der Waals surface area contributed by atoms with E-state index in [4.69, 9.17) is 14.6 Å². The van der Waals surface area contributed by atoms with Gasteiger partial charge in [-0.2, -0.15) is 0 Å². The van der Waals surface area contributed by atoms with Crippen molar-refractivity contribution < 1.29 is 24.2 Å². The Kier molecular flexibility index (Phi) is 5.59. The molecule has 2 N–H and O–H groups in total. The molecule has 2 unspecified atom stereocenters. The van der Waals surface area contributed by atoms with Crippen LogP contribution in [0.5, 0.6) is 0 Å². The predicted molar refractivity (Wildman–Crippen MR) is 91.3 cm³/mol. The molecular formula is C17H20N4O5. The third-order valence-corrected chi connectivity index (χ3v) is 4.02. The molecule has 26 heavy (non-hydrogen) atoms. The molecular weight excluding hydrogens is 340 g/mol.